The normalized spacial score (nSPS) is 9.69. The SMILES string of the molecule is CCNC(=O)CNc1nc(Cl)cs1. The molecule has 0 aliphatic heterocycles. The number of rotatable bonds is 4. The number of amides is 1. The number of carbonyl (C=O) groups excluding carboxylic acids is 1. The Morgan fingerprint density at radius 3 is 3.08 bits per heavy atom. The highest BCUT2D eigenvalue weighted by Crippen LogP contribution is 2.18. The molecule has 0 aliphatic rings. The van der Waals surface area contributed by atoms with Gasteiger partial charge in [-0.25, -0.2) is 4.98 Å². The summed E-state index contributed by atoms with van der Waals surface area (Å²) in [5.41, 5.74) is 0. The van der Waals surface area contributed by atoms with Gasteiger partial charge in [-0.1, -0.05) is 11.6 Å². The van der Waals surface area contributed by atoms with Crippen LogP contribution in [-0.2, 0) is 4.79 Å². The highest BCUT2D eigenvalue weighted by Gasteiger charge is 2.01. The van der Waals surface area contributed by atoms with E-state index in [1.165, 1.54) is 11.3 Å². The van der Waals surface area contributed by atoms with Gasteiger partial charge in [0.1, 0.15) is 5.15 Å². The van der Waals surface area contributed by atoms with Crippen molar-refractivity contribution in [3.8, 4) is 0 Å². The van der Waals surface area contributed by atoms with Gasteiger partial charge in [-0.15, -0.1) is 11.3 Å². The van der Waals surface area contributed by atoms with E-state index in [4.69, 9.17) is 11.6 Å². The number of nitrogens with one attached hydrogen (secondary N) is 2. The average molecular weight is 220 g/mol. The molecule has 0 aliphatic carbocycles. The molecule has 6 heteroatoms. The van der Waals surface area contributed by atoms with Crippen LogP contribution in [0.15, 0.2) is 5.38 Å². The molecule has 0 unspecified atom stereocenters. The fourth-order valence-electron chi connectivity index (χ4n) is 0.751. The molecule has 0 spiro atoms. The molecule has 0 aromatic carbocycles. The van der Waals surface area contributed by atoms with Crippen LogP contribution in [0.5, 0.6) is 0 Å². The Bertz CT molecular complexity index is 289. The standard InChI is InChI=1S/C7H10ClN3OS/c1-2-9-6(12)3-10-7-11-5(8)4-13-7/h4H,2-3H2,1H3,(H,9,12)(H,10,11). The number of halogens is 1. The van der Waals surface area contributed by atoms with Crippen LogP contribution in [0.25, 0.3) is 0 Å². The van der Waals surface area contributed by atoms with Gasteiger partial charge in [0.05, 0.1) is 6.54 Å². The van der Waals surface area contributed by atoms with Crippen molar-refractivity contribution in [2.75, 3.05) is 18.4 Å². The van der Waals surface area contributed by atoms with E-state index in [1.54, 1.807) is 5.38 Å². The first-order chi connectivity index (χ1) is 6.22. The summed E-state index contributed by atoms with van der Waals surface area (Å²) >= 11 is 6.97. The van der Waals surface area contributed by atoms with E-state index in [-0.39, 0.29) is 12.5 Å². The minimum Gasteiger partial charge on any atom is -0.355 e. The maximum Gasteiger partial charge on any atom is 0.239 e. The van der Waals surface area contributed by atoms with E-state index in [1.807, 2.05) is 6.92 Å². The Balaban J connectivity index is 2.30. The van der Waals surface area contributed by atoms with E-state index in [2.05, 4.69) is 15.6 Å². The molecule has 0 saturated heterocycles. The summed E-state index contributed by atoms with van der Waals surface area (Å²) in [6.45, 7) is 2.75. The highest BCUT2D eigenvalue weighted by atomic mass is 35.5. The number of thiazole rings is 1. The van der Waals surface area contributed by atoms with Crippen molar-refractivity contribution < 1.29 is 4.79 Å². The molecular weight excluding hydrogens is 210 g/mol. The number of likely N-dealkylation sites (N-methyl/N-ethyl adjacent to an activating group) is 1. The van der Waals surface area contributed by atoms with Gasteiger partial charge >= 0.3 is 0 Å². The van der Waals surface area contributed by atoms with Crippen LogP contribution in [0.4, 0.5) is 5.13 Å². The van der Waals surface area contributed by atoms with Gasteiger partial charge in [0, 0.05) is 11.9 Å². The van der Waals surface area contributed by atoms with Crippen molar-refractivity contribution in [3.63, 3.8) is 0 Å². The van der Waals surface area contributed by atoms with Gasteiger partial charge in [-0.3, -0.25) is 4.79 Å². The van der Waals surface area contributed by atoms with Crippen LogP contribution in [0, 0.1) is 0 Å². The van der Waals surface area contributed by atoms with Gasteiger partial charge in [-0.05, 0) is 6.92 Å². The third-order valence-corrected chi connectivity index (χ3v) is 2.37. The van der Waals surface area contributed by atoms with Gasteiger partial charge in [0.25, 0.3) is 0 Å². The largest absolute Gasteiger partial charge is 0.355 e. The first-order valence-corrected chi connectivity index (χ1v) is 5.09. The lowest BCUT2D eigenvalue weighted by molar-refractivity contribution is -0.119. The Morgan fingerprint density at radius 2 is 2.54 bits per heavy atom. The number of hydrogen-bond donors (Lipinski definition) is 2. The van der Waals surface area contributed by atoms with E-state index in [0.717, 1.165) is 0 Å². The molecule has 0 saturated carbocycles. The molecule has 4 nitrogen and oxygen atoms in total. The quantitative estimate of drug-likeness (QED) is 0.804. The molecule has 1 aromatic rings. The molecule has 0 atom stereocenters. The summed E-state index contributed by atoms with van der Waals surface area (Å²) < 4.78 is 0. The minimum atomic E-state index is -0.0474. The fraction of sp³-hybridized carbons (Fsp3) is 0.429. The second-order valence-corrected chi connectivity index (χ2v) is 3.53. The van der Waals surface area contributed by atoms with Crippen molar-refractivity contribution in [2.45, 2.75) is 6.92 Å². The van der Waals surface area contributed by atoms with Gasteiger partial charge in [0.2, 0.25) is 5.91 Å². The Morgan fingerprint density at radius 1 is 1.77 bits per heavy atom. The Labute approximate surface area is 85.3 Å². The van der Waals surface area contributed by atoms with Crippen LogP contribution in [0.2, 0.25) is 5.15 Å². The zero-order valence-electron chi connectivity index (χ0n) is 7.13. The molecule has 0 bridgehead atoms. The molecule has 72 valence electrons. The first-order valence-electron chi connectivity index (χ1n) is 3.84. The number of anilines is 1. The summed E-state index contributed by atoms with van der Waals surface area (Å²) in [6, 6.07) is 0. The summed E-state index contributed by atoms with van der Waals surface area (Å²) in [5, 5.41) is 8.35. The molecule has 0 fully saturated rings. The summed E-state index contributed by atoms with van der Waals surface area (Å²) in [5.74, 6) is -0.0474. The number of hydrogen-bond acceptors (Lipinski definition) is 4. The first kappa shape index (κ1) is 10.3. The lowest BCUT2D eigenvalue weighted by atomic mass is 10.5. The van der Waals surface area contributed by atoms with Crippen molar-refractivity contribution >= 4 is 34.0 Å². The third kappa shape index (κ3) is 3.61. The van der Waals surface area contributed by atoms with Crippen molar-refractivity contribution in [1.29, 1.82) is 0 Å². The molecule has 1 rings (SSSR count). The van der Waals surface area contributed by atoms with Gasteiger partial charge in [0.15, 0.2) is 5.13 Å². The minimum absolute atomic E-state index is 0.0474. The maximum atomic E-state index is 11.0. The smallest absolute Gasteiger partial charge is 0.239 e. The number of carbonyl (C=O) groups is 1. The highest BCUT2D eigenvalue weighted by molar-refractivity contribution is 7.14. The summed E-state index contributed by atoms with van der Waals surface area (Å²) in [6.07, 6.45) is 0. The molecule has 13 heavy (non-hydrogen) atoms. The maximum absolute atomic E-state index is 11.0. The van der Waals surface area contributed by atoms with Crippen LogP contribution < -0.4 is 10.6 Å². The Kier molecular flexibility index (Phi) is 3.98. The second kappa shape index (κ2) is 5.04. The van der Waals surface area contributed by atoms with E-state index in [0.29, 0.717) is 16.8 Å². The van der Waals surface area contributed by atoms with Crippen molar-refractivity contribution in [3.05, 3.63) is 10.5 Å². The molecule has 2 N–H and O–H groups in total. The van der Waals surface area contributed by atoms with E-state index < -0.39 is 0 Å². The summed E-state index contributed by atoms with van der Waals surface area (Å²) in [7, 11) is 0. The van der Waals surface area contributed by atoms with Gasteiger partial charge < -0.3 is 10.6 Å². The molecule has 1 heterocycles. The van der Waals surface area contributed by atoms with Crippen molar-refractivity contribution in [1.82, 2.24) is 10.3 Å². The third-order valence-electron chi connectivity index (χ3n) is 1.25. The topological polar surface area (TPSA) is 54.0 Å². The van der Waals surface area contributed by atoms with Crippen LogP contribution in [-0.4, -0.2) is 24.0 Å². The zero-order chi connectivity index (χ0) is 9.68. The molecule has 0 radical (unpaired) electrons. The average Bonchev–Trinajstić information content (AvgIpc) is 2.49. The monoisotopic (exact) mass is 219 g/mol. The predicted octanol–water partition coefficient (Wildman–Crippen LogP) is 1.34. The predicted molar refractivity (Wildman–Crippen MR) is 54.3 cm³/mol. The lowest BCUT2D eigenvalue weighted by Gasteiger charge is -2.01. The second-order valence-electron chi connectivity index (χ2n) is 2.28. The molecule has 1 aromatic heterocycles. The number of nitrogens with zero attached hydrogens (tertiary/aromatic N) is 1. The van der Waals surface area contributed by atoms with Gasteiger partial charge in [-0.2, -0.15) is 0 Å². The lowest BCUT2D eigenvalue weighted by Crippen LogP contribution is -2.29. The van der Waals surface area contributed by atoms with E-state index in [9.17, 15) is 4.79 Å². The zero-order valence-corrected chi connectivity index (χ0v) is 8.71. The van der Waals surface area contributed by atoms with E-state index >= 15 is 0 Å². The van der Waals surface area contributed by atoms with Crippen LogP contribution in [0.3, 0.4) is 0 Å². The fourth-order valence-corrected chi connectivity index (χ4v) is 1.59. The number of aromatic nitrogens is 1. The van der Waals surface area contributed by atoms with Crippen LogP contribution in [0.1, 0.15) is 6.92 Å². The summed E-state index contributed by atoms with van der Waals surface area (Å²) in [4.78, 5) is 14.9. The molecule has 1 amide bonds. The Hall–Kier alpha value is -0.810. The van der Waals surface area contributed by atoms with Crippen LogP contribution >= 0.6 is 22.9 Å². The molecular formula is C7H10ClN3OS. The van der Waals surface area contributed by atoms with Crippen molar-refractivity contribution in [2.24, 2.45) is 0 Å².